The van der Waals surface area contributed by atoms with E-state index in [-0.39, 0.29) is 11.8 Å². The second-order valence-electron chi connectivity index (χ2n) is 6.44. The molecule has 0 spiro atoms. The lowest BCUT2D eigenvalue weighted by Crippen LogP contribution is -2.50. The molecule has 0 bridgehead atoms. The number of aromatic nitrogens is 1. The first-order chi connectivity index (χ1) is 13.2. The van der Waals surface area contributed by atoms with Gasteiger partial charge in [0.2, 0.25) is 0 Å². The van der Waals surface area contributed by atoms with Gasteiger partial charge in [0.15, 0.2) is 0 Å². The number of benzene rings is 1. The van der Waals surface area contributed by atoms with Crippen LogP contribution < -0.4 is 5.32 Å². The van der Waals surface area contributed by atoms with E-state index in [0.29, 0.717) is 25.2 Å². The molecule has 0 radical (unpaired) electrons. The Balaban J connectivity index is 1.24. The molecular formula is C19H20N4O2S2. The summed E-state index contributed by atoms with van der Waals surface area (Å²) in [7, 11) is 0. The average Bonchev–Trinajstić information content (AvgIpc) is 3.39. The van der Waals surface area contributed by atoms with Crippen LogP contribution in [0.15, 0.2) is 40.5 Å². The van der Waals surface area contributed by atoms with Crippen LogP contribution in [0, 0.1) is 0 Å². The molecule has 2 aromatic heterocycles. The van der Waals surface area contributed by atoms with E-state index in [2.05, 4.69) is 15.2 Å². The lowest BCUT2D eigenvalue weighted by molar-refractivity contribution is 0.0638. The van der Waals surface area contributed by atoms with Crippen molar-refractivity contribution in [3.05, 3.63) is 51.7 Å². The smallest absolute Gasteiger partial charge is 0.253 e. The molecule has 0 atom stereocenters. The minimum atomic E-state index is -0.0245. The van der Waals surface area contributed by atoms with Gasteiger partial charge < -0.3 is 10.2 Å². The van der Waals surface area contributed by atoms with Gasteiger partial charge in [-0.3, -0.25) is 14.5 Å². The Morgan fingerprint density at radius 3 is 2.74 bits per heavy atom. The number of carbonyl (C=O) groups excluding carboxylic acids is 2. The van der Waals surface area contributed by atoms with Gasteiger partial charge in [-0.05, 0) is 29.6 Å². The van der Waals surface area contributed by atoms with Crippen LogP contribution >= 0.6 is 22.7 Å². The minimum absolute atomic E-state index is 0.0245. The summed E-state index contributed by atoms with van der Waals surface area (Å²) in [6, 6.07) is 7.53. The number of thiazole rings is 1. The standard InChI is InChI=1S/C19H20N4O2S2/c24-18(15-3-10-26-12-15)20-4-5-22-6-8-23(9-7-22)19(25)14-1-2-16-17(11-14)27-13-21-16/h1-3,10-13H,4-9H2,(H,20,24). The zero-order chi connectivity index (χ0) is 18.6. The maximum Gasteiger partial charge on any atom is 0.253 e. The number of fused-ring (bicyclic) bond motifs is 1. The SMILES string of the molecule is O=C(NCCN1CCN(C(=O)c2ccc3ncsc3c2)CC1)c1ccsc1. The third-order valence-corrected chi connectivity index (χ3v) is 6.21. The normalized spacial score (nSPS) is 15.2. The highest BCUT2D eigenvalue weighted by molar-refractivity contribution is 7.16. The van der Waals surface area contributed by atoms with Gasteiger partial charge in [0.25, 0.3) is 11.8 Å². The summed E-state index contributed by atoms with van der Waals surface area (Å²) in [5.74, 6) is 0.0548. The van der Waals surface area contributed by atoms with Gasteiger partial charge in [0, 0.05) is 55.8 Å². The van der Waals surface area contributed by atoms with Crippen LogP contribution in [-0.2, 0) is 0 Å². The maximum absolute atomic E-state index is 12.7. The molecule has 1 aliphatic heterocycles. The maximum atomic E-state index is 12.7. The molecule has 0 unspecified atom stereocenters. The molecule has 3 aromatic rings. The monoisotopic (exact) mass is 400 g/mol. The summed E-state index contributed by atoms with van der Waals surface area (Å²) in [4.78, 5) is 33.1. The summed E-state index contributed by atoms with van der Waals surface area (Å²) in [5.41, 5.74) is 4.18. The lowest BCUT2D eigenvalue weighted by Gasteiger charge is -2.34. The third-order valence-electron chi connectivity index (χ3n) is 4.73. The van der Waals surface area contributed by atoms with Crippen LogP contribution in [0.5, 0.6) is 0 Å². The van der Waals surface area contributed by atoms with Crippen LogP contribution in [0.1, 0.15) is 20.7 Å². The molecule has 2 amide bonds. The molecule has 1 aliphatic rings. The van der Waals surface area contributed by atoms with E-state index in [1.165, 1.54) is 11.3 Å². The summed E-state index contributed by atoms with van der Waals surface area (Å²) in [5, 5.41) is 6.70. The van der Waals surface area contributed by atoms with Crippen LogP contribution in [0.2, 0.25) is 0 Å². The first-order valence-electron chi connectivity index (χ1n) is 8.86. The Kier molecular flexibility index (Phi) is 5.47. The average molecular weight is 401 g/mol. The third kappa shape index (κ3) is 4.18. The van der Waals surface area contributed by atoms with E-state index in [1.54, 1.807) is 16.8 Å². The Morgan fingerprint density at radius 1 is 1.11 bits per heavy atom. The Hall–Kier alpha value is -2.29. The van der Waals surface area contributed by atoms with Gasteiger partial charge in [-0.2, -0.15) is 11.3 Å². The van der Waals surface area contributed by atoms with Gasteiger partial charge in [-0.1, -0.05) is 0 Å². The number of nitrogens with one attached hydrogen (secondary N) is 1. The fourth-order valence-corrected chi connectivity index (χ4v) is 4.52. The molecule has 140 valence electrons. The van der Waals surface area contributed by atoms with E-state index in [0.717, 1.165) is 35.4 Å². The van der Waals surface area contributed by atoms with E-state index in [9.17, 15) is 9.59 Å². The highest BCUT2D eigenvalue weighted by Gasteiger charge is 2.22. The largest absolute Gasteiger partial charge is 0.351 e. The molecule has 1 N–H and O–H groups in total. The number of carbonyl (C=O) groups is 2. The predicted octanol–water partition coefficient (Wildman–Crippen LogP) is 2.55. The zero-order valence-corrected chi connectivity index (χ0v) is 16.4. The minimum Gasteiger partial charge on any atom is -0.351 e. The molecule has 3 heterocycles. The van der Waals surface area contributed by atoms with Crippen molar-refractivity contribution in [2.24, 2.45) is 0 Å². The van der Waals surface area contributed by atoms with Crippen LogP contribution in [0.4, 0.5) is 0 Å². The van der Waals surface area contributed by atoms with Gasteiger partial charge in [0.1, 0.15) is 0 Å². The fraction of sp³-hybridized carbons (Fsp3) is 0.316. The predicted molar refractivity (Wildman–Crippen MR) is 109 cm³/mol. The van der Waals surface area contributed by atoms with Gasteiger partial charge in [0.05, 0.1) is 15.7 Å². The molecule has 27 heavy (non-hydrogen) atoms. The summed E-state index contributed by atoms with van der Waals surface area (Å²) in [6.45, 7) is 4.47. The van der Waals surface area contributed by atoms with E-state index >= 15 is 0 Å². The number of piperazine rings is 1. The van der Waals surface area contributed by atoms with Crippen molar-refractivity contribution in [2.75, 3.05) is 39.3 Å². The summed E-state index contributed by atoms with van der Waals surface area (Å²) in [6.07, 6.45) is 0. The first-order valence-corrected chi connectivity index (χ1v) is 10.7. The molecule has 8 heteroatoms. The lowest BCUT2D eigenvalue weighted by atomic mass is 10.1. The Bertz CT molecular complexity index is 930. The van der Waals surface area contributed by atoms with Gasteiger partial charge in [-0.25, -0.2) is 4.98 Å². The summed E-state index contributed by atoms with van der Waals surface area (Å²) < 4.78 is 1.04. The molecule has 1 fully saturated rings. The molecule has 0 saturated carbocycles. The second kappa shape index (κ2) is 8.16. The highest BCUT2D eigenvalue weighted by Crippen LogP contribution is 2.20. The molecule has 6 nitrogen and oxygen atoms in total. The van der Waals surface area contributed by atoms with Gasteiger partial charge in [-0.15, -0.1) is 11.3 Å². The number of nitrogens with zero attached hydrogens (tertiary/aromatic N) is 3. The topological polar surface area (TPSA) is 65.5 Å². The van der Waals surface area contributed by atoms with Gasteiger partial charge >= 0.3 is 0 Å². The fourth-order valence-electron chi connectivity index (χ4n) is 3.17. The number of amides is 2. The second-order valence-corrected chi connectivity index (χ2v) is 8.10. The van der Waals surface area contributed by atoms with Crippen molar-refractivity contribution < 1.29 is 9.59 Å². The van der Waals surface area contributed by atoms with Crippen molar-refractivity contribution in [3.63, 3.8) is 0 Å². The molecule has 1 saturated heterocycles. The molecule has 4 rings (SSSR count). The van der Waals surface area contributed by atoms with Crippen molar-refractivity contribution in [1.82, 2.24) is 20.1 Å². The van der Waals surface area contributed by atoms with Crippen LogP contribution in [0.25, 0.3) is 10.2 Å². The Labute approximate surface area is 165 Å². The van der Waals surface area contributed by atoms with E-state index in [1.807, 2.05) is 39.9 Å². The van der Waals surface area contributed by atoms with Crippen molar-refractivity contribution in [1.29, 1.82) is 0 Å². The zero-order valence-electron chi connectivity index (χ0n) is 14.8. The van der Waals surface area contributed by atoms with E-state index < -0.39 is 0 Å². The number of hydrogen-bond acceptors (Lipinski definition) is 6. The molecule has 1 aromatic carbocycles. The Morgan fingerprint density at radius 2 is 1.96 bits per heavy atom. The van der Waals surface area contributed by atoms with E-state index in [4.69, 9.17) is 0 Å². The number of thiophene rings is 1. The van der Waals surface area contributed by atoms with Crippen molar-refractivity contribution in [2.45, 2.75) is 0 Å². The summed E-state index contributed by atoms with van der Waals surface area (Å²) >= 11 is 3.07. The van der Waals surface area contributed by atoms with Crippen molar-refractivity contribution >= 4 is 44.7 Å². The quantitative estimate of drug-likeness (QED) is 0.715. The highest BCUT2D eigenvalue weighted by atomic mass is 32.1. The number of hydrogen-bond donors (Lipinski definition) is 1. The number of rotatable bonds is 5. The first kappa shape index (κ1) is 18.1. The van der Waals surface area contributed by atoms with Crippen LogP contribution in [0.3, 0.4) is 0 Å². The van der Waals surface area contributed by atoms with Crippen molar-refractivity contribution in [3.8, 4) is 0 Å². The molecule has 0 aliphatic carbocycles. The molecular weight excluding hydrogens is 380 g/mol. The van der Waals surface area contributed by atoms with Crippen LogP contribution in [-0.4, -0.2) is 65.9 Å².